The number of hydrogen-bond donors (Lipinski definition) is 1. The first-order valence-electron chi connectivity index (χ1n) is 6.52. The van der Waals surface area contributed by atoms with Crippen molar-refractivity contribution in [2.24, 2.45) is 0 Å². The summed E-state index contributed by atoms with van der Waals surface area (Å²) < 4.78 is 0. The number of anilines is 1. The number of carbonyl (C=O) groups excluding carboxylic acids is 1. The molecule has 0 aromatic heterocycles. The summed E-state index contributed by atoms with van der Waals surface area (Å²) in [7, 11) is 0. The minimum absolute atomic E-state index is 0.134. The predicted octanol–water partition coefficient (Wildman–Crippen LogP) is 4.07. The van der Waals surface area contributed by atoms with Crippen LogP contribution < -0.4 is 5.32 Å². The van der Waals surface area contributed by atoms with Crippen molar-refractivity contribution in [2.75, 3.05) is 5.32 Å². The van der Waals surface area contributed by atoms with Crippen LogP contribution in [0.4, 0.5) is 5.69 Å². The van der Waals surface area contributed by atoms with Crippen molar-refractivity contribution in [3.05, 3.63) is 84.5 Å². The van der Waals surface area contributed by atoms with Crippen molar-refractivity contribution in [1.29, 1.82) is 0 Å². The fourth-order valence-corrected chi connectivity index (χ4v) is 1.89. The average molecular weight is 263 g/mol. The molecule has 0 bridgehead atoms. The molecule has 2 aromatic carbocycles. The van der Waals surface area contributed by atoms with Crippen LogP contribution in [0.5, 0.6) is 0 Å². The van der Waals surface area contributed by atoms with Crippen LogP contribution in [0.15, 0.2) is 73.3 Å². The number of hydrogen-bond acceptors (Lipinski definition) is 1. The van der Waals surface area contributed by atoms with Crippen LogP contribution in [0.2, 0.25) is 0 Å². The van der Waals surface area contributed by atoms with Crippen LogP contribution in [0.3, 0.4) is 0 Å². The van der Waals surface area contributed by atoms with Crippen LogP contribution >= 0.6 is 0 Å². The molecule has 2 rings (SSSR count). The number of rotatable bonds is 5. The zero-order valence-electron chi connectivity index (χ0n) is 11.3. The smallest absolute Gasteiger partial charge is 0.248 e. The molecule has 1 N–H and O–H groups in total. The third-order valence-corrected chi connectivity index (χ3v) is 2.87. The van der Waals surface area contributed by atoms with E-state index >= 15 is 0 Å². The van der Waals surface area contributed by atoms with E-state index < -0.39 is 0 Å². The summed E-state index contributed by atoms with van der Waals surface area (Å²) in [6.07, 6.45) is 5.90. The Morgan fingerprint density at radius 1 is 1.05 bits per heavy atom. The molecule has 0 unspecified atom stereocenters. The summed E-state index contributed by atoms with van der Waals surface area (Å²) in [4.78, 5) is 11.9. The molecule has 0 saturated carbocycles. The number of para-hydroxylation sites is 1. The highest BCUT2D eigenvalue weighted by Gasteiger charge is 2.02. The lowest BCUT2D eigenvalue weighted by Crippen LogP contribution is -2.09. The molecule has 2 aromatic rings. The Morgan fingerprint density at radius 3 is 2.50 bits per heavy atom. The Kier molecular flexibility index (Phi) is 4.90. The van der Waals surface area contributed by atoms with E-state index in [9.17, 15) is 4.79 Å². The van der Waals surface area contributed by atoms with Crippen molar-refractivity contribution < 1.29 is 4.79 Å². The van der Waals surface area contributed by atoms with E-state index in [1.807, 2.05) is 60.7 Å². The van der Waals surface area contributed by atoms with E-state index in [0.29, 0.717) is 0 Å². The summed E-state index contributed by atoms with van der Waals surface area (Å²) in [5, 5.41) is 2.89. The monoisotopic (exact) mass is 263 g/mol. The SMILES string of the molecule is C=CCc1ccccc1NC(=O)/C=C/c1ccccc1. The first-order chi connectivity index (χ1) is 9.79. The quantitative estimate of drug-likeness (QED) is 0.639. The van der Waals surface area contributed by atoms with E-state index in [2.05, 4.69) is 11.9 Å². The molecular weight excluding hydrogens is 246 g/mol. The fourth-order valence-electron chi connectivity index (χ4n) is 1.89. The molecule has 100 valence electrons. The predicted molar refractivity (Wildman–Crippen MR) is 84.4 cm³/mol. The van der Waals surface area contributed by atoms with Crippen molar-refractivity contribution in [2.45, 2.75) is 6.42 Å². The lowest BCUT2D eigenvalue weighted by Gasteiger charge is -2.07. The third kappa shape index (κ3) is 3.95. The Bertz CT molecular complexity index is 614. The molecule has 0 aliphatic rings. The van der Waals surface area contributed by atoms with Crippen molar-refractivity contribution in [1.82, 2.24) is 0 Å². The van der Waals surface area contributed by atoms with Crippen LogP contribution in [-0.2, 0) is 11.2 Å². The highest BCUT2D eigenvalue weighted by atomic mass is 16.1. The van der Waals surface area contributed by atoms with Crippen LogP contribution in [0.25, 0.3) is 6.08 Å². The summed E-state index contributed by atoms with van der Waals surface area (Å²) in [6.45, 7) is 3.73. The van der Waals surface area contributed by atoms with Gasteiger partial charge in [0.1, 0.15) is 0 Å². The van der Waals surface area contributed by atoms with Gasteiger partial charge in [0.15, 0.2) is 0 Å². The Hall–Kier alpha value is -2.61. The van der Waals surface area contributed by atoms with Crippen molar-refractivity contribution >= 4 is 17.7 Å². The molecule has 0 fully saturated rings. The maximum Gasteiger partial charge on any atom is 0.248 e. The molecule has 0 heterocycles. The molecule has 2 nitrogen and oxygen atoms in total. The van der Waals surface area contributed by atoms with Gasteiger partial charge in [-0.1, -0.05) is 54.6 Å². The van der Waals surface area contributed by atoms with Gasteiger partial charge in [-0.05, 0) is 29.7 Å². The summed E-state index contributed by atoms with van der Waals surface area (Å²) >= 11 is 0. The molecule has 20 heavy (non-hydrogen) atoms. The molecular formula is C18H17NO. The summed E-state index contributed by atoms with van der Waals surface area (Å²) in [5.74, 6) is -0.134. The Labute approximate surface area is 119 Å². The fraction of sp³-hybridized carbons (Fsp3) is 0.0556. The molecule has 0 spiro atoms. The van der Waals surface area contributed by atoms with Gasteiger partial charge in [0, 0.05) is 11.8 Å². The van der Waals surface area contributed by atoms with Crippen molar-refractivity contribution in [3.8, 4) is 0 Å². The van der Waals surface area contributed by atoms with Gasteiger partial charge in [0.25, 0.3) is 0 Å². The molecule has 2 heteroatoms. The first kappa shape index (κ1) is 13.8. The van der Waals surface area contributed by atoms with Crippen molar-refractivity contribution in [3.63, 3.8) is 0 Å². The largest absolute Gasteiger partial charge is 0.322 e. The van der Waals surface area contributed by atoms with Gasteiger partial charge in [-0.2, -0.15) is 0 Å². The third-order valence-electron chi connectivity index (χ3n) is 2.87. The van der Waals surface area contributed by atoms with Gasteiger partial charge in [-0.3, -0.25) is 4.79 Å². The van der Waals surface area contributed by atoms with E-state index in [1.165, 1.54) is 0 Å². The lowest BCUT2D eigenvalue weighted by atomic mass is 10.1. The first-order valence-corrected chi connectivity index (χ1v) is 6.52. The maximum atomic E-state index is 11.9. The van der Waals surface area contributed by atoms with Gasteiger partial charge < -0.3 is 5.32 Å². The van der Waals surface area contributed by atoms with Gasteiger partial charge in [-0.15, -0.1) is 6.58 Å². The van der Waals surface area contributed by atoms with Gasteiger partial charge in [0.05, 0.1) is 0 Å². The Balaban J connectivity index is 2.05. The standard InChI is InChI=1S/C18H17NO/c1-2-8-16-11-6-7-12-17(16)19-18(20)14-13-15-9-4-3-5-10-15/h2-7,9-14H,1,8H2,(H,19,20)/b14-13+. The van der Waals surface area contributed by atoms with Crippen LogP contribution in [-0.4, -0.2) is 5.91 Å². The molecule has 0 atom stereocenters. The summed E-state index contributed by atoms with van der Waals surface area (Å²) in [5.41, 5.74) is 2.89. The van der Waals surface area contributed by atoms with Gasteiger partial charge in [-0.25, -0.2) is 0 Å². The molecule has 0 aliphatic heterocycles. The molecule has 1 amide bonds. The average Bonchev–Trinajstić information content (AvgIpc) is 2.49. The topological polar surface area (TPSA) is 29.1 Å². The number of amides is 1. The van der Waals surface area contributed by atoms with Crippen LogP contribution in [0.1, 0.15) is 11.1 Å². The minimum atomic E-state index is -0.134. The van der Waals surface area contributed by atoms with E-state index in [1.54, 1.807) is 12.2 Å². The van der Waals surface area contributed by atoms with Crippen LogP contribution in [0, 0.1) is 0 Å². The van der Waals surface area contributed by atoms with Gasteiger partial charge in [0.2, 0.25) is 5.91 Å². The van der Waals surface area contributed by atoms with E-state index in [-0.39, 0.29) is 5.91 Å². The minimum Gasteiger partial charge on any atom is -0.322 e. The zero-order chi connectivity index (χ0) is 14.2. The number of allylic oxidation sites excluding steroid dienone is 1. The molecule has 0 aliphatic carbocycles. The normalized spacial score (nSPS) is 10.4. The van der Waals surface area contributed by atoms with E-state index in [4.69, 9.17) is 0 Å². The lowest BCUT2D eigenvalue weighted by molar-refractivity contribution is -0.111. The highest BCUT2D eigenvalue weighted by molar-refractivity contribution is 6.02. The second-order valence-electron chi connectivity index (χ2n) is 4.38. The second-order valence-corrected chi connectivity index (χ2v) is 4.38. The van der Waals surface area contributed by atoms with E-state index in [0.717, 1.165) is 23.2 Å². The Morgan fingerprint density at radius 2 is 1.75 bits per heavy atom. The summed E-state index contributed by atoms with van der Waals surface area (Å²) in [6, 6.07) is 17.5. The number of nitrogens with one attached hydrogen (secondary N) is 1. The highest BCUT2D eigenvalue weighted by Crippen LogP contribution is 2.16. The zero-order valence-corrected chi connectivity index (χ0v) is 11.3. The second kappa shape index (κ2) is 7.10. The molecule has 0 saturated heterocycles. The van der Waals surface area contributed by atoms with Gasteiger partial charge >= 0.3 is 0 Å². The number of benzene rings is 2. The maximum absolute atomic E-state index is 11.9. The molecule has 0 radical (unpaired) electrons. The number of carbonyl (C=O) groups is 1.